The monoisotopic (exact) mass is 424 g/mol. The van der Waals surface area contributed by atoms with E-state index < -0.39 is 0 Å². The lowest BCUT2D eigenvalue weighted by molar-refractivity contribution is 0.0559. The van der Waals surface area contributed by atoms with Gasteiger partial charge in [0.1, 0.15) is 17.6 Å². The van der Waals surface area contributed by atoms with Crippen LogP contribution in [0, 0.1) is 17.8 Å². The summed E-state index contributed by atoms with van der Waals surface area (Å²) in [7, 11) is 0. The third-order valence-corrected chi connectivity index (χ3v) is 6.80. The maximum absolute atomic E-state index is 6.09. The van der Waals surface area contributed by atoms with Crippen LogP contribution in [0.15, 0.2) is 48.5 Å². The second-order valence-corrected chi connectivity index (χ2v) is 9.54. The Morgan fingerprint density at radius 2 is 1.13 bits per heavy atom. The zero-order valence-corrected chi connectivity index (χ0v) is 19.4. The molecule has 2 atom stereocenters. The van der Waals surface area contributed by atoms with E-state index in [1.54, 1.807) is 0 Å². The van der Waals surface area contributed by atoms with E-state index in [4.69, 9.17) is 20.9 Å². The fourth-order valence-corrected chi connectivity index (χ4v) is 4.73. The quantitative estimate of drug-likeness (QED) is 0.536. The first-order chi connectivity index (χ1) is 14.9. The Balaban J connectivity index is 0.000000176. The maximum Gasteiger partial charge on any atom is 0.142 e. The minimum atomic E-state index is 0.318. The molecule has 0 aliphatic heterocycles. The fraction of sp³-hybridized carbons (Fsp3) is 0.556. The van der Waals surface area contributed by atoms with Crippen LogP contribution in [0.1, 0.15) is 65.7 Å². The maximum atomic E-state index is 6.09. The van der Waals surface area contributed by atoms with E-state index in [2.05, 4.69) is 20.8 Å². The number of hydrogen-bond donors (Lipinski definition) is 2. The van der Waals surface area contributed by atoms with Crippen molar-refractivity contribution in [1.82, 2.24) is 0 Å². The van der Waals surface area contributed by atoms with Gasteiger partial charge in [0.15, 0.2) is 0 Å². The van der Waals surface area contributed by atoms with Crippen LogP contribution in [-0.4, -0.2) is 12.2 Å². The summed E-state index contributed by atoms with van der Waals surface area (Å²) in [6.07, 6.45) is 9.42. The molecule has 2 aromatic rings. The van der Waals surface area contributed by atoms with E-state index in [9.17, 15) is 0 Å². The smallest absolute Gasteiger partial charge is 0.142 e. The predicted octanol–water partition coefficient (Wildman–Crippen LogP) is 6.70. The van der Waals surface area contributed by atoms with Gasteiger partial charge in [0, 0.05) is 0 Å². The van der Waals surface area contributed by atoms with Crippen LogP contribution >= 0.6 is 0 Å². The van der Waals surface area contributed by atoms with Gasteiger partial charge < -0.3 is 20.9 Å². The van der Waals surface area contributed by atoms with Crippen molar-refractivity contribution in [3.05, 3.63) is 48.5 Å². The van der Waals surface area contributed by atoms with Gasteiger partial charge in [-0.15, -0.1) is 0 Å². The molecule has 0 aromatic heterocycles. The predicted molar refractivity (Wildman–Crippen MR) is 130 cm³/mol. The number of ether oxygens (including phenoxy) is 2. The van der Waals surface area contributed by atoms with E-state index in [1.807, 2.05) is 48.5 Å². The summed E-state index contributed by atoms with van der Waals surface area (Å²) in [5, 5.41) is 0. The van der Waals surface area contributed by atoms with Gasteiger partial charge in [-0.2, -0.15) is 0 Å². The Bertz CT molecular complexity index is 791. The third kappa shape index (κ3) is 6.81. The molecule has 4 rings (SSSR count). The minimum absolute atomic E-state index is 0.318. The minimum Gasteiger partial charge on any atom is -0.488 e. The van der Waals surface area contributed by atoms with Crippen molar-refractivity contribution in [2.24, 2.45) is 17.8 Å². The molecule has 0 bridgehead atoms. The van der Waals surface area contributed by atoms with Crippen LogP contribution in [0.3, 0.4) is 0 Å². The molecule has 4 heteroatoms. The van der Waals surface area contributed by atoms with Crippen LogP contribution in [0.2, 0.25) is 0 Å². The molecular formula is C27H40N2O2. The molecule has 31 heavy (non-hydrogen) atoms. The Labute approximate surface area is 188 Å². The number of para-hydroxylation sites is 4. The normalized spacial score (nSPS) is 28.2. The van der Waals surface area contributed by atoms with Crippen molar-refractivity contribution in [2.45, 2.75) is 77.9 Å². The Kier molecular flexibility index (Phi) is 8.51. The molecule has 0 amide bonds. The van der Waals surface area contributed by atoms with E-state index in [1.165, 1.54) is 32.1 Å². The molecule has 2 fully saturated rings. The fourth-order valence-electron chi connectivity index (χ4n) is 4.73. The van der Waals surface area contributed by atoms with Crippen LogP contribution in [0.5, 0.6) is 11.5 Å². The zero-order chi connectivity index (χ0) is 22.2. The molecule has 4 nitrogen and oxygen atoms in total. The first kappa shape index (κ1) is 23.3. The van der Waals surface area contributed by atoms with Crippen LogP contribution < -0.4 is 20.9 Å². The van der Waals surface area contributed by atoms with Gasteiger partial charge in [-0.05, 0) is 80.5 Å². The summed E-state index contributed by atoms with van der Waals surface area (Å²) in [5.41, 5.74) is 13.2. The summed E-state index contributed by atoms with van der Waals surface area (Å²) in [4.78, 5) is 0. The Hall–Kier alpha value is -2.36. The number of nitrogens with two attached hydrogens (primary N) is 2. The Morgan fingerprint density at radius 3 is 1.65 bits per heavy atom. The number of nitrogen functional groups attached to an aromatic ring is 2. The lowest BCUT2D eigenvalue weighted by atomic mass is 9.80. The van der Waals surface area contributed by atoms with E-state index >= 15 is 0 Å². The second-order valence-electron chi connectivity index (χ2n) is 9.54. The van der Waals surface area contributed by atoms with Crippen molar-refractivity contribution in [2.75, 3.05) is 11.5 Å². The molecule has 2 unspecified atom stereocenters. The summed E-state index contributed by atoms with van der Waals surface area (Å²) in [5.74, 6) is 3.80. The molecule has 0 heterocycles. The van der Waals surface area contributed by atoms with Gasteiger partial charge in [0.25, 0.3) is 0 Å². The molecule has 0 saturated heterocycles. The summed E-state index contributed by atoms with van der Waals surface area (Å²) in [6.45, 7) is 6.87. The highest BCUT2D eigenvalue weighted by Gasteiger charge is 2.29. The first-order valence-corrected chi connectivity index (χ1v) is 12.0. The van der Waals surface area contributed by atoms with Crippen molar-refractivity contribution in [3.63, 3.8) is 0 Å². The van der Waals surface area contributed by atoms with Gasteiger partial charge in [-0.25, -0.2) is 0 Å². The average Bonchev–Trinajstić information content (AvgIpc) is 2.76. The molecule has 0 spiro atoms. The van der Waals surface area contributed by atoms with Gasteiger partial charge in [-0.3, -0.25) is 0 Å². The number of benzene rings is 2. The molecule has 2 saturated carbocycles. The molecule has 0 radical (unpaired) electrons. The van der Waals surface area contributed by atoms with Crippen LogP contribution in [0.25, 0.3) is 0 Å². The number of hydrogen-bond acceptors (Lipinski definition) is 4. The van der Waals surface area contributed by atoms with Gasteiger partial charge in [-0.1, -0.05) is 51.5 Å². The van der Waals surface area contributed by atoms with Crippen LogP contribution in [-0.2, 0) is 0 Å². The van der Waals surface area contributed by atoms with Gasteiger partial charge in [0.05, 0.1) is 17.5 Å². The average molecular weight is 425 g/mol. The Morgan fingerprint density at radius 1 is 0.645 bits per heavy atom. The second kappa shape index (κ2) is 11.3. The lowest BCUT2D eigenvalue weighted by Gasteiger charge is -2.34. The number of anilines is 2. The largest absolute Gasteiger partial charge is 0.488 e. The van der Waals surface area contributed by atoms with E-state index in [0.29, 0.717) is 24.0 Å². The van der Waals surface area contributed by atoms with Gasteiger partial charge in [0.2, 0.25) is 0 Å². The van der Waals surface area contributed by atoms with E-state index in [-0.39, 0.29) is 0 Å². The molecule has 2 aromatic carbocycles. The van der Waals surface area contributed by atoms with Crippen molar-refractivity contribution >= 4 is 11.4 Å². The zero-order valence-electron chi connectivity index (χ0n) is 19.4. The first-order valence-electron chi connectivity index (χ1n) is 12.0. The topological polar surface area (TPSA) is 70.5 Å². The molecule has 2 aliphatic carbocycles. The van der Waals surface area contributed by atoms with E-state index in [0.717, 1.165) is 41.6 Å². The third-order valence-electron chi connectivity index (χ3n) is 6.80. The number of rotatable bonds is 4. The molecule has 170 valence electrons. The molecule has 2 aliphatic rings. The van der Waals surface area contributed by atoms with Gasteiger partial charge >= 0.3 is 0 Å². The van der Waals surface area contributed by atoms with Crippen molar-refractivity contribution in [1.29, 1.82) is 0 Å². The highest BCUT2D eigenvalue weighted by atomic mass is 16.5. The molecule has 4 N–H and O–H groups in total. The summed E-state index contributed by atoms with van der Waals surface area (Å²) in [6, 6.07) is 15.5. The molecular weight excluding hydrogens is 384 g/mol. The lowest BCUT2D eigenvalue weighted by Crippen LogP contribution is -2.35. The summed E-state index contributed by atoms with van der Waals surface area (Å²) < 4.78 is 12.0. The van der Waals surface area contributed by atoms with Crippen molar-refractivity contribution in [3.8, 4) is 11.5 Å². The SMILES string of the molecule is CC1CCC(Oc2ccccc2N)CC1.CC1CCCC(C)C1Oc1ccccc1N. The van der Waals surface area contributed by atoms with Crippen LogP contribution in [0.4, 0.5) is 11.4 Å². The highest BCUT2D eigenvalue weighted by molar-refractivity contribution is 5.52. The van der Waals surface area contributed by atoms with Crippen molar-refractivity contribution < 1.29 is 9.47 Å². The standard InChI is InChI=1S/C14H21NO.C13H19NO/c1-10-6-5-7-11(2)14(10)16-13-9-4-3-8-12(13)15;1-10-6-8-11(9-7-10)15-13-5-3-2-4-12(13)14/h3-4,8-11,14H,5-7,15H2,1-2H3;2-5,10-11H,6-9,14H2,1H3. The summed E-state index contributed by atoms with van der Waals surface area (Å²) >= 11 is 0. The highest BCUT2D eigenvalue weighted by Crippen LogP contribution is 2.34.